The van der Waals surface area contributed by atoms with Gasteiger partial charge in [0.25, 0.3) is 0 Å². The van der Waals surface area contributed by atoms with Crippen LogP contribution in [0.3, 0.4) is 0 Å². The van der Waals surface area contributed by atoms with Crippen molar-refractivity contribution >= 4 is 0 Å². The minimum Gasteiger partial charge on any atom is -0.384 e. The fourth-order valence-corrected chi connectivity index (χ4v) is 3.21. The SMILES string of the molecule is COCC1CCCN(C2CNCC(C)C2)C1. The lowest BCUT2D eigenvalue weighted by Gasteiger charge is -2.41. The summed E-state index contributed by atoms with van der Waals surface area (Å²) in [4.78, 5) is 2.69. The first kappa shape index (κ1) is 12.3. The van der Waals surface area contributed by atoms with E-state index in [9.17, 15) is 0 Å². The minimum atomic E-state index is 0.760. The molecule has 2 aliphatic heterocycles. The minimum absolute atomic E-state index is 0.760. The molecule has 2 heterocycles. The molecular weight excluding hydrogens is 200 g/mol. The van der Waals surface area contributed by atoms with Gasteiger partial charge in [-0.1, -0.05) is 6.92 Å². The van der Waals surface area contributed by atoms with Gasteiger partial charge in [0.15, 0.2) is 0 Å². The van der Waals surface area contributed by atoms with Gasteiger partial charge in [0.2, 0.25) is 0 Å². The van der Waals surface area contributed by atoms with Gasteiger partial charge in [-0.05, 0) is 44.2 Å². The first-order valence-electron chi connectivity index (χ1n) is 6.73. The molecule has 0 aromatic heterocycles. The van der Waals surface area contributed by atoms with Gasteiger partial charge in [0.05, 0.1) is 6.61 Å². The van der Waals surface area contributed by atoms with E-state index in [-0.39, 0.29) is 0 Å². The Morgan fingerprint density at radius 3 is 3.00 bits per heavy atom. The summed E-state index contributed by atoms with van der Waals surface area (Å²) in [6, 6.07) is 0.767. The Kier molecular flexibility index (Phi) is 4.62. The zero-order valence-electron chi connectivity index (χ0n) is 10.7. The Bertz CT molecular complexity index is 208. The number of nitrogens with one attached hydrogen (secondary N) is 1. The second-order valence-corrected chi connectivity index (χ2v) is 5.61. The lowest BCUT2D eigenvalue weighted by molar-refractivity contribution is 0.0547. The van der Waals surface area contributed by atoms with Crippen molar-refractivity contribution in [1.82, 2.24) is 10.2 Å². The van der Waals surface area contributed by atoms with Gasteiger partial charge < -0.3 is 10.1 Å². The van der Waals surface area contributed by atoms with Gasteiger partial charge >= 0.3 is 0 Å². The molecule has 0 aromatic rings. The van der Waals surface area contributed by atoms with Crippen LogP contribution in [0.4, 0.5) is 0 Å². The second kappa shape index (κ2) is 5.99. The molecule has 0 aromatic carbocycles. The van der Waals surface area contributed by atoms with E-state index < -0.39 is 0 Å². The summed E-state index contributed by atoms with van der Waals surface area (Å²) in [6.07, 6.45) is 4.06. The molecule has 3 nitrogen and oxygen atoms in total. The van der Waals surface area contributed by atoms with Crippen molar-refractivity contribution in [3.8, 4) is 0 Å². The van der Waals surface area contributed by atoms with Gasteiger partial charge in [-0.25, -0.2) is 0 Å². The number of piperidine rings is 2. The zero-order valence-corrected chi connectivity index (χ0v) is 10.7. The van der Waals surface area contributed by atoms with Gasteiger partial charge in [0, 0.05) is 26.2 Å². The second-order valence-electron chi connectivity index (χ2n) is 5.61. The summed E-state index contributed by atoms with van der Waals surface area (Å²) in [5.41, 5.74) is 0. The summed E-state index contributed by atoms with van der Waals surface area (Å²) in [6.45, 7) is 8.21. The van der Waals surface area contributed by atoms with Crippen LogP contribution < -0.4 is 5.32 Å². The molecule has 0 spiro atoms. The Balaban J connectivity index is 1.83. The highest BCUT2D eigenvalue weighted by atomic mass is 16.5. The van der Waals surface area contributed by atoms with Crippen LogP contribution in [0.2, 0.25) is 0 Å². The Morgan fingerprint density at radius 2 is 2.25 bits per heavy atom. The highest BCUT2D eigenvalue weighted by molar-refractivity contribution is 4.85. The summed E-state index contributed by atoms with van der Waals surface area (Å²) >= 11 is 0. The smallest absolute Gasteiger partial charge is 0.0502 e. The van der Waals surface area contributed by atoms with Crippen LogP contribution in [-0.2, 0) is 4.74 Å². The van der Waals surface area contributed by atoms with Crippen LogP contribution in [0.5, 0.6) is 0 Å². The lowest BCUT2D eigenvalue weighted by atomic mass is 9.92. The molecule has 0 saturated carbocycles. The molecule has 2 fully saturated rings. The normalized spacial score (nSPS) is 37.5. The standard InChI is InChI=1S/C13H26N2O/c1-11-6-13(8-14-7-11)15-5-3-4-12(9-15)10-16-2/h11-14H,3-10H2,1-2H3. The molecule has 2 saturated heterocycles. The Hall–Kier alpha value is -0.120. The third-order valence-corrected chi connectivity index (χ3v) is 4.02. The maximum absolute atomic E-state index is 5.30. The molecule has 0 aliphatic carbocycles. The van der Waals surface area contributed by atoms with Crippen molar-refractivity contribution in [3.63, 3.8) is 0 Å². The third-order valence-electron chi connectivity index (χ3n) is 4.02. The predicted molar refractivity (Wildman–Crippen MR) is 66.6 cm³/mol. The Morgan fingerprint density at radius 1 is 1.38 bits per heavy atom. The van der Waals surface area contributed by atoms with Crippen LogP contribution in [0.15, 0.2) is 0 Å². The number of methoxy groups -OCH3 is 1. The van der Waals surface area contributed by atoms with E-state index >= 15 is 0 Å². The van der Waals surface area contributed by atoms with E-state index in [2.05, 4.69) is 17.1 Å². The number of likely N-dealkylation sites (tertiary alicyclic amines) is 1. The first-order valence-corrected chi connectivity index (χ1v) is 6.73. The van der Waals surface area contributed by atoms with Crippen LogP contribution in [-0.4, -0.2) is 50.8 Å². The molecule has 3 heteroatoms. The summed E-state index contributed by atoms with van der Waals surface area (Å²) in [7, 11) is 1.82. The molecular formula is C13H26N2O. The average molecular weight is 226 g/mol. The van der Waals surface area contributed by atoms with Crippen molar-refractivity contribution < 1.29 is 4.74 Å². The van der Waals surface area contributed by atoms with Crippen molar-refractivity contribution in [2.75, 3.05) is 39.9 Å². The molecule has 0 radical (unpaired) electrons. The van der Waals surface area contributed by atoms with Gasteiger partial charge in [-0.15, -0.1) is 0 Å². The highest BCUT2D eigenvalue weighted by Gasteiger charge is 2.28. The zero-order chi connectivity index (χ0) is 11.4. The van der Waals surface area contributed by atoms with E-state index in [1.54, 1.807) is 0 Å². The van der Waals surface area contributed by atoms with Crippen molar-refractivity contribution in [2.24, 2.45) is 11.8 Å². The molecule has 2 aliphatic rings. The summed E-state index contributed by atoms with van der Waals surface area (Å²) in [5, 5.41) is 3.56. The quantitative estimate of drug-likeness (QED) is 0.786. The number of hydrogen-bond donors (Lipinski definition) is 1. The van der Waals surface area contributed by atoms with Crippen LogP contribution >= 0.6 is 0 Å². The molecule has 3 unspecified atom stereocenters. The molecule has 0 amide bonds. The first-order chi connectivity index (χ1) is 7.79. The lowest BCUT2D eigenvalue weighted by Crippen LogP contribution is -2.52. The van der Waals surface area contributed by atoms with Crippen LogP contribution in [0.1, 0.15) is 26.2 Å². The molecule has 1 N–H and O–H groups in total. The van der Waals surface area contributed by atoms with E-state index in [0.717, 1.165) is 24.5 Å². The van der Waals surface area contributed by atoms with Crippen molar-refractivity contribution in [3.05, 3.63) is 0 Å². The molecule has 94 valence electrons. The van der Waals surface area contributed by atoms with E-state index in [1.807, 2.05) is 7.11 Å². The summed E-state index contributed by atoms with van der Waals surface area (Å²) in [5.74, 6) is 1.59. The fraction of sp³-hybridized carbons (Fsp3) is 1.00. The van der Waals surface area contributed by atoms with Crippen LogP contribution in [0, 0.1) is 11.8 Å². The monoisotopic (exact) mass is 226 g/mol. The molecule has 3 atom stereocenters. The van der Waals surface area contributed by atoms with Crippen molar-refractivity contribution in [1.29, 1.82) is 0 Å². The predicted octanol–water partition coefficient (Wildman–Crippen LogP) is 1.34. The van der Waals surface area contributed by atoms with Crippen LogP contribution in [0.25, 0.3) is 0 Å². The molecule has 16 heavy (non-hydrogen) atoms. The maximum atomic E-state index is 5.30. The molecule has 0 bridgehead atoms. The Labute approximate surface area is 99.5 Å². The van der Waals surface area contributed by atoms with E-state index in [4.69, 9.17) is 4.74 Å². The topological polar surface area (TPSA) is 24.5 Å². The number of hydrogen-bond acceptors (Lipinski definition) is 3. The van der Waals surface area contributed by atoms with Gasteiger partial charge in [0.1, 0.15) is 0 Å². The summed E-state index contributed by atoms with van der Waals surface area (Å²) < 4.78 is 5.30. The average Bonchev–Trinajstić information content (AvgIpc) is 2.30. The number of nitrogens with zero attached hydrogens (tertiary/aromatic N) is 1. The van der Waals surface area contributed by atoms with Crippen molar-refractivity contribution in [2.45, 2.75) is 32.2 Å². The van der Waals surface area contributed by atoms with Gasteiger partial charge in [-0.2, -0.15) is 0 Å². The number of rotatable bonds is 3. The number of ether oxygens (including phenoxy) is 1. The highest BCUT2D eigenvalue weighted by Crippen LogP contribution is 2.22. The third kappa shape index (κ3) is 3.19. The van der Waals surface area contributed by atoms with E-state index in [0.29, 0.717) is 0 Å². The van der Waals surface area contributed by atoms with Gasteiger partial charge in [-0.3, -0.25) is 4.90 Å². The fourth-order valence-electron chi connectivity index (χ4n) is 3.21. The largest absolute Gasteiger partial charge is 0.384 e. The molecule has 2 rings (SSSR count). The van der Waals surface area contributed by atoms with E-state index in [1.165, 1.54) is 45.4 Å². The maximum Gasteiger partial charge on any atom is 0.0502 e.